The summed E-state index contributed by atoms with van der Waals surface area (Å²) in [7, 11) is 3.95. The fourth-order valence-corrected chi connectivity index (χ4v) is 4.49. The van der Waals surface area contributed by atoms with Crippen LogP contribution in [0.3, 0.4) is 0 Å². The van der Waals surface area contributed by atoms with Crippen molar-refractivity contribution in [2.24, 2.45) is 7.05 Å². The van der Waals surface area contributed by atoms with E-state index in [2.05, 4.69) is 45.1 Å². The summed E-state index contributed by atoms with van der Waals surface area (Å²) in [6.45, 7) is 3.61. The van der Waals surface area contributed by atoms with E-state index >= 15 is 0 Å². The predicted molar refractivity (Wildman–Crippen MR) is 128 cm³/mol. The maximum absolute atomic E-state index is 12.3. The first-order valence-corrected chi connectivity index (χ1v) is 10.7. The van der Waals surface area contributed by atoms with E-state index in [4.69, 9.17) is 0 Å². The molecule has 0 unspecified atom stereocenters. The highest BCUT2D eigenvalue weighted by atomic mass is 16.1. The number of fused-ring (bicyclic) bond motifs is 2. The number of rotatable bonds is 3. The van der Waals surface area contributed by atoms with Crippen LogP contribution in [0.1, 0.15) is 18.1 Å². The first-order chi connectivity index (χ1) is 15.5. The molecule has 0 spiro atoms. The van der Waals surface area contributed by atoms with Crippen LogP contribution < -0.4 is 15.4 Å². The van der Waals surface area contributed by atoms with Gasteiger partial charge in [-0.05, 0) is 36.8 Å². The van der Waals surface area contributed by atoms with Crippen molar-refractivity contribution in [3.05, 3.63) is 70.3 Å². The van der Waals surface area contributed by atoms with Gasteiger partial charge in [-0.25, -0.2) is 0 Å². The van der Waals surface area contributed by atoms with Gasteiger partial charge in [0, 0.05) is 55.5 Å². The van der Waals surface area contributed by atoms with Crippen molar-refractivity contribution in [2.75, 3.05) is 29.9 Å². The largest absolute Gasteiger partial charge is 0.371 e. The molecule has 1 aliphatic heterocycles. The van der Waals surface area contributed by atoms with Gasteiger partial charge in [0.15, 0.2) is 0 Å². The van der Waals surface area contributed by atoms with Gasteiger partial charge in [0.05, 0.1) is 40.4 Å². The van der Waals surface area contributed by atoms with Gasteiger partial charge in [-0.1, -0.05) is 13.0 Å². The maximum atomic E-state index is 12.3. The fraction of sp³-hybridized carbons (Fsp3) is 0.240. The van der Waals surface area contributed by atoms with Gasteiger partial charge in [-0.2, -0.15) is 10.4 Å². The molecule has 0 fully saturated rings. The Hall–Kier alpha value is -4.05. The number of aromatic nitrogens is 3. The molecule has 0 saturated heterocycles. The molecule has 2 aromatic carbocycles. The summed E-state index contributed by atoms with van der Waals surface area (Å²) in [5, 5.41) is 15.2. The van der Waals surface area contributed by atoms with Gasteiger partial charge < -0.3 is 14.8 Å². The molecular formula is C25H24N6O. The van der Waals surface area contributed by atoms with Crippen molar-refractivity contribution in [3.63, 3.8) is 0 Å². The van der Waals surface area contributed by atoms with Crippen molar-refractivity contribution in [1.82, 2.24) is 14.8 Å². The molecule has 0 amide bonds. The Morgan fingerprint density at radius 1 is 1.12 bits per heavy atom. The van der Waals surface area contributed by atoms with Gasteiger partial charge in [-0.3, -0.25) is 9.48 Å². The van der Waals surface area contributed by atoms with E-state index in [0.29, 0.717) is 12.0 Å². The lowest BCUT2D eigenvalue weighted by Crippen LogP contribution is -2.36. The zero-order valence-electron chi connectivity index (χ0n) is 18.4. The van der Waals surface area contributed by atoms with Crippen molar-refractivity contribution in [1.29, 1.82) is 5.26 Å². The number of pyridine rings is 1. The third-order valence-corrected chi connectivity index (χ3v) is 6.23. The zero-order valence-corrected chi connectivity index (χ0v) is 18.4. The summed E-state index contributed by atoms with van der Waals surface area (Å²) < 4.78 is 1.74. The highest BCUT2D eigenvalue weighted by molar-refractivity contribution is 5.97. The Labute approximate surface area is 186 Å². The minimum atomic E-state index is -0.0381. The number of nitriles is 1. The molecule has 5 rings (SSSR count). The standard InChI is InChI=1S/C25H24N6O/c1-4-16-10-20-21(28-25(16)32)6-5-7-22(20)31-9-8-29(2)23-12-19(17(13-26)11-24(23)31)18-14-27-30(3)15-18/h5-7,10-12,14-15H,4,8-9H2,1-3H3,(H,28,32). The first-order valence-electron chi connectivity index (χ1n) is 10.7. The second kappa shape index (κ2) is 7.57. The average Bonchev–Trinajstić information content (AvgIpc) is 3.24. The number of hydrogen-bond donors (Lipinski definition) is 1. The maximum Gasteiger partial charge on any atom is 0.251 e. The van der Waals surface area contributed by atoms with E-state index in [-0.39, 0.29) is 5.56 Å². The molecule has 1 N–H and O–H groups in total. The molecule has 2 aromatic heterocycles. The normalized spacial score (nSPS) is 13.3. The van der Waals surface area contributed by atoms with E-state index in [1.54, 1.807) is 10.9 Å². The molecule has 0 atom stereocenters. The molecule has 0 radical (unpaired) electrons. The molecular weight excluding hydrogens is 400 g/mol. The highest BCUT2D eigenvalue weighted by Gasteiger charge is 2.25. The van der Waals surface area contributed by atoms with Gasteiger partial charge >= 0.3 is 0 Å². The number of anilines is 3. The number of aryl methyl sites for hydroxylation is 2. The molecule has 7 nitrogen and oxygen atoms in total. The van der Waals surface area contributed by atoms with Crippen molar-refractivity contribution >= 4 is 28.0 Å². The smallest absolute Gasteiger partial charge is 0.251 e. The van der Waals surface area contributed by atoms with Crippen LogP contribution in [0.5, 0.6) is 0 Å². The number of benzene rings is 2. The minimum absolute atomic E-state index is 0.0381. The second-order valence-electron chi connectivity index (χ2n) is 8.19. The van der Waals surface area contributed by atoms with Crippen LogP contribution >= 0.6 is 0 Å². The lowest BCUT2D eigenvalue weighted by Gasteiger charge is -2.38. The summed E-state index contributed by atoms with van der Waals surface area (Å²) in [6.07, 6.45) is 4.39. The van der Waals surface area contributed by atoms with Crippen LogP contribution in [-0.4, -0.2) is 34.9 Å². The number of aromatic amines is 1. The molecule has 0 aliphatic carbocycles. The first kappa shape index (κ1) is 19.9. The van der Waals surface area contributed by atoms with Gasteiger partial charge in [0.25, 0.3) is 5.56 Å². The Kier molecular flexibility index (Phi) is 4.71. The summed E-state index contributed by atoms with van der Waals surface area (Å²) in [6, 6.07) is 14.4. The van der Waals surface area contributed by atoms with E-state index < -0.39 is 0 Å². The Balaban J connectivity index is 1.72. The lowest BCUT2D eigenvalue weighted by molar-refractivity contribution is 0.768. The average molecular weight is 425 g/mol. The number of H-pyrrole nitrogens is 1. The third kappa shape index (κ3) is 3.12. The SMILES string of the molecule is CCc1cc2c(N3CCN(C)c4cc(-c5cnn(C)c5)c(C#N)cc43)cccc2[nH]c1=O. The second-order valence-corrected chi connectivity index (χ2v) is 8.19. The molecule has 7 heteroatoms. The number of likely N-dealkylation sites (N-methyl/N-ethyl adjacent to an activating group) is 1. The van der Waals surface area contributed by atoms with Crippen molar-refractivity contribution in [3.8, 4) is 17.2 Å². The summed E-state index contributed by atoms with van der Waals surface area (Å²) in [5.74, 6) is 0. The number of nitrogens with one attached hydrogen (secondary N) is 1. The summed E-state index contributed by atoms with van der Waals surface area (Å²) >= 11 is 0. The topological polar surface area (TPSA) is 81.0 Å². The van der Waals surface area contributed by atoms with E-state index in [0.717, 1.165) is 57.7 Å². The number of nitrogens with zero attached hydrogens (tertiary/aromatic N) is 5. The van der Waals surface area contributed by atoms with Crippen LogP contribution in [0.4, 0.5) is 17.1 Å². The monoisotopic (exact) mass is 424 g/mol. The minimum Gasteiger partial charge on any atom is -0.371 e. The quantitative estimate of drug-likeness (QED) is 0.539. The molecule has 3 heterocycles. The fourth-order valence-electron chi connectivity index (χ4n) is 4.49. The zero-order chi connectivity index (χ0) is 22.4. The van der Waals surface area contributed by atoms with E-state index in [1.165, 1.54) is 0 Å². The Bertz CT molecular complexity index is 1440. The highest BCUT2D eigenvalue weighted by Crippen LogP contribution is 2.43. The summed E-state index contributed by atoms with van der Waals surface area (Å²) in [5.41, 5.74) is 7.04. The Morgan fingerprint density at radius 3 is 2.69 bits per heavy atom. The van der Waals surface area contributed by atoms with Crippen LogP contribution in [0.25, 0.3) is 22.0 Å². The van der Waals surface area contributed by atoms with Gasteiger partial charge in [0.1, 0.15) is 0 Å². The molecule has 4 aromatic rings. The Morgan fingerprint density at radius 2 is 1.97 bits per heavy atom. The molecule has 1 aliphatic rings. The molecule has 160 valence electrons. The van der Waals surface area contributed by atoms with Crippen molar-refractivity contribution < 1.29 is 0 Å². The molecule has 32 heavy (non-hydrogen) atoms. The number of hydrogen-bond acceptors (Lipinski definition) is 5. The summed E-state index contributed by atoms with van der Waals surface area (Å²) in [4.78, 5) is 19.8. The molecule has 0 saturated carbocycles. The van der Waals surface area contributed by atoms with Crippen LogP contribution in [0.15, 0.2) is 53.6 Å². The van der Waals surface area contributed by atoms with Crippen LogP contribution in [0, 0.1) is 11.3 Å². The molecule has 0 bridgehead atoms. The lowest BCUT2D eigenvalue weighted by atomic mass is 9.98. The van der Waals surface area contributed by atoms with Crippen LogP contribution in [0.2, 0.25) is 0 Å². The third-order valence-electron chi connectivity index (χ3n) is 6.23. The van der Waals surface area contributed by atoms with Gasteiger partial charge in [-0.15, -0.1) is 0 Å². The predicted octanol–water partition coefficient (Wildman–Crippen LogP) is 3.95. The van der Waals surface area contributed by atoms with E-state index in [1.807, 2.05) is 44.4 Å². The van der Waals surface area contributed by atoms with Gasteiger partial charge in [0.2, 0.25) is 0 Å². The van der Waals surface area contributed by atoms with Crippen LogP contribution in [-0.2, 0) is 13.5 Å². The van der Waals surface area contributed by atoms with Crippen molar-refractivity contribution in [2.45, 2.75) is 13.3 Å². The van der Waals surface area contributed by atoms with E-state index in [9.17, 15) is 10.1 Å².